The number of hydrogen-bond acceptors (Lipinski definition) is 3. The molecule has 5 heteroatoms. The predicted molar refractivity (Wildman–Crippen MR) is 143 cm³/mol. The number of hydrogen-bond donors (Lipinski definition) is 1. The largest absolute Gasteiger partial charge is 0.512 e. The number of aryl methyl sites for hydroxylation is 3. The van der Waals surface area contributed by atoms with Gasteiger partial charge < -0.3 is 19.1 Å². The van der Waals surface area contributed by atoms with E-state index in [2.05, 4.69) is 50.2 Å². The van der Waals surface area contributed by atoms with Gasteiger partial charge in [0.25, 0.3) is 0 Å². The van der Waals surface area contributed by atoms with E-state index in [1.54, 1.807) is 0 Å². The summed E-state index contributed by atoms with van der Waals surface area (Å²) in [7, 11) is 0. The first-order valence-electron chi connectivity index (χ1n) is 12.2. The quantitative estimate of drug-likeness (QED) is 0.185. The van der Waals surface area contributed by atoms with Gasteiger partial charge in [0, 0.05) is 16.3 Å². The molecule has 36 heavy (non-hydrogen) atoms. The van der Waals surface area contributed by atoms with Gasteiger partial charge in [0.1, 0.15) is 5.75 Å². The first-order chi connectivity index (χ1) is 17.5. The van der Waals surface area contributed by atoms with Crippen LogP contribution in [0, 0.1) is 13.8 Å². The molecule has 1 heterocycles. The van der Waals surface area contributed by atoms with Crippen molar-refractivity contribution in [3.63, 3.8) is 0 Å². The van der Waals surface area contributed by atoms with Crippen LogP contribution in [-0.4, -0.2) is 22.4 Å². The molecular formula is C31H29NO4. The van der Waals surface area contributed by atoms with Crippen LogP contribution in [0.25, 0.3) is 21.7 Å². The SMILES string of the molecule is Cc1ccc(Cn2c(OC(=O)O)c(CCCOc3cccc4ccccc34)c3ccccc32)c(C)c1. The lowest BCUT2D eigenvalue weighted by Crippen LogP contribution is -2.11. The van der Waals surface area contributed by atoms with E-state index in [1.807, 2.05) is 53.1 Å². The lowest BCUT2D eigenvalue weighted by molar-refractivity contribution is 0.140. The zero-order valence-corrected chi connectivity index (χ0v) is 20.5. The van der Waals surface area contributed by atoms with Crippen LogP contribution in [0.2, 0.25) is 0 Å². The third-order valence-corrected chi connectivity index (χ3v) is 6.61. The summed E-state index contributed by atoms with van der Waals surface area (Å²) in [6.45, 7) is 5.19. The molecule has 0 unspecified atom stereocenters. The first kappa shape index (κ1) is 23.5. The molecule has 0 aliphatic rings. The highest BCUT2D eigenvalue weighted by atomic mass is 16.7. The topological polar surface area (TPSA) is 60.7 Å². The molecule has 0 fully saturated rings. The number of carbonyl (C=O) groups is 1. The van der Waals surface area contributed by atoms with Gasteiger partial charge in [0.2, 0.25) is 5.88 Å². The van der Waals surface area contributed by atoms with Crippen LogP contribution in [0.5, 0.6) is 11.6 Å². The minimum atomic E-state index is -1.31. The van der Waals surface area contributed by atoms with Crippen molar-refractivity contribution in [1.82, 2.24) is 4.57 Å². The summed E-state index contributed by atoms with van der Waals surface area (Å²) in [5.74, 6) is 1.24. The van der Waals surface area contributed by atoms with Gasteiger partial charge >= 0.3 is 6.16 Å². The van der Waals surface area contributed by atoms with Crippen molar-refractivity contribution >= 4 is 27.8 Å². The highest BCUT2D eigenvalue weighted by molar-refractivity contribution is 5.89. The Balaban J connectivity index is 1.43. The molecule has 0 spiro atoms. The number of aromatic nitrogens is 1. The van der Waals surface area contributed by atoms with Crippen molar-refractivity contribution in [3.05, 3.63) is 107 Å². The van der Waals surface area contributed by atoms with E-state index in [0.29, 0.717) is 25.5 Å². The van der Waals surface area contributed by atoms with Crippen LogP contribution in [-0.2, 0) is 13.0 Å². The number of benzene rings is 4. The second-order valence-electron chi connectivity index (χ2n) is 9.11. The van der Waals surface area contributed by atoms with Gasteiger partial charge in [-0.2, -0.15) is 0 Å². The number of rotatable bonds is 8. The van der Waals surface area contributed by atoms with Gasteiger partial charge in [0.15, 0.2) is 0 Å². The Labute approximate surface area is 210 Å². The molecule has 4 aromatic carbocycles. The average Bonchev–Trinajstić information content (AvgIpc) is 3.15. The standard InChI is InChI=1S/C31H29NO4/c1-21-16-17-24(22(2)19-21)20-32-28-14-6-5-12-26(28)27(30(32)36-31(33)34)13-8-18-35-29-15-7-10-23-9-3-4-11-25(23)29/h3-7,9-12,14-17,19H,8,13,18,20H2,1-2H3,(H,33,34). The number of ether oxygens (including phenoxy) is 2. The molecule has 0 atom stereocenters. The molecule has 5 rings (SSSR count). The molecule has 0 aliphatic carbocycles. The Bertz CT molecular complexity index is 1540. The van der Waals surface area contributed by atoms with Crippen molar-refractivity contribution in [2.24, 2.45) is 0 Å². The van der Waals surface area contributed by atoms with Gasteiger partial charge in [-0.25, -0.2) is 4.79 Å². The summed E-state index contributed by atoms with van der Waals surface area (Å²) in [6.07, 6.45) is 0.0396. The molecule has 0 saturated heterocycles. The van der Waals surface area contributed by atoms with Crippen LogP contribution >= 0.6 is 0 Å². The average molecular weight is 480 g/mol. The summed E-state index contributed by atoms with van der Waals surface area (Å²) >= 11 is 0. The minimum Gasteiger partial charge on any atom is -0.493 e. The molecule has 5 nitrogen and oxygen atoms in total. The van der Waals surface area contributed by atoms with Crippen LogP contribution in [0.3, 0.4) is 0 Å². The van der Waals surface area contributed by atoms with Crippen LogP contribution in [0.15, 0.2) is 84.9 Å². The molecule has 182 valence electrons. The molecule has 1 aromatic heterocycles. The van der Waals surface area contributed by atoms with E-state index in [1.165, 1.54) is 11.1 Å². The highest BCUT2D eigenvalue weighted by Crippen LogP contribution is 2.35. The number of carboxylic acid groups (broad SMARTS) is 1. The lowest BCUT2D eigenvalue weighted by atomic mass is 10.1. The summed E-state index contributed by atoms with van der Waals surface area (Å²) in [5, 5.41) is 12.8. The fourth-order valence-electron chi connectivity index (χ4n) is 4.90. The zero-order valence-electron chi connectivity index (χ0n) is 20.5. The monoisotopic (exact) mass is 479 g/mol. The van der Waals surface area contributed by atoms with Gasteiger partial charge in [-0.15, -0.1) is 0 Å². The summed E-state index contributed by atoms with van der Waals surface area (Å²) in [6, 6.07) is 28.5. The summed E-state index contributed by atoms with van der Waals surface area (Å²) in [4.78, 5) is 11.7. The van der Waals surface area contributed by atoms with Crippen molar-refractivity contribution in [1.29, 1.82) is 0 Å². The number of fused-ring (bicyclic) bond motifs is 2. The Hall–Kier alpha value is -4.25. The molecule has 0 bridgehead atoms. The molecule has 1 N–H and O–H groups in total. The Kier molecular flexibility index (Phi) is 6.63. The van der Waals surface area contributed by atoms with Crippen LogP contribution in [0.1, 0.15) is 28.7 Å². The van der Waals surface area contributed by atoms with E-state index in [0.717, 1.165) is 45.0 Å². The zero-order chi connectivity index (χ0) is 25.1. The third-order valence-electron chi connectivity index (χ3n) is 6.61. The van der Waals surface area contributed by atoms with Gasteiger partial charge in [0.05, 0.1) is 18.7 Å². The molecule has 0 aliphatic heterocycles. The molecule has 5 aromatic rings. The van der Waals surface area contributed by atoms with Gasteiger partial charge in [-0.3, -0.25) is 0 Å². The van der Waals surface area contributed by atoms with E-state index >= 15 is 0 Å². The summed E-state index contributed by atoms with van der Waals surface area (Å²) in [5.41, 5.74) is 5.34. The second kappa shape index (κ2) is 10.2. The number of nitrogens with zero attached hydrogens (tertiary/aromatic N) is 1. The van der Waals surface area contributed by atoms with E-state index in [4.69, 9.17) is 9.47 Å². The normalized spacial score (nSPS) is 11.2. The molecule has 0 saturated carbocycles. The maximum absolute atomic E-state index is 11.7. The van der Waals surface area contributed by atoms with Crippen molar-refractivity contribution < 1.29 is 19.4 Å². The van der Waals surface area contributed by atoms with Gasteiger partial charge in [-0.05, 0) is 55.3 Å². The minimum absolute atomic E-state index is 0.383. The molecule has 0 amide bonds. The van der Waals surface area contributed by atoms with Gasteiger partial charge in [-0.1, -0.05) is 78.4 Å². The fourth-order valence-corrected chi connectivity index (χ4v) is 4.90. The molecule has 0 radical (unpaired) electrons. The van der Waals surface area contributed by atoms with E-state index in [9.17, 15) is 9.90 Å². The Morgan fingerprint density at radius 3 is 2.44 bits per heavy atom. The molecular weight excluding hydrogens is 450 g/mol. The van der Waals surface area contributed by atoms with Crippen molar-refractivity contribution in [3.8, 4) is 11.6 Å². The maximum atomic E-state index is 11.7. The van der Waals surface area contributed by atoms with Crippen molar-refractivity contribution in [2.45, 2.75) is 33.2 Å². The first-order valence-corrected chi connectivity index (χ1v) is 12.2. The Morgan fingerprint density at radius 1 is 0.889 bits per heavy atom. The lowest BCUT2D eigenvalue weighted by Gasteiger charge is -2.13. The van der Waals surface area contributed by atoms with E-state index in [-0.39, 0.29) is 0 Å². The maximum Gasteiger partial charge on any atom is 0.512 e. The Morgan fingerprint density at radius 2 is 1.64 bits per heavy atom. The van der Waals surface area contributed by atoms with Crippen molar-refractivity contribution in [2.75, 3.05) is 6.61 Å². The highest BCUT2D eigenvalue weighted by Gasteiger charge is 2.21. The fraction of sp³-hybridized carbons (Fsp3) is 0.194. The predicted octanol–water partition coefficient (Wildman–Crippen LogP) is 7.53. The number of para-hydroxylation sites is 1. The summed E-state index contributed by atoms with van der Waals surface area (Å²) < 4.78 is 13.5. The van der Waals surface area contributed by atoms with Crippen LogP contribution in [0.4, 0.5) is 4.79 Å². The van der Waals surface area contributed by atoms with E-state index < -0.39 is 6.16 Å². The third kappa shape index (κ3) is 4.78. The second-order valence-corrected chi connectivity index (χ2v) is 9.11. The smallest absolute Gasteiger partial charge is 0.493 e. The van der Waals surface area contributed by atoms with Crippen LogP contribution < -0.4 is 9.47 Å².